The third-order valence-electron chi connectivity index (χ3n) is 6.31. The molecule has 0 aromatic heterocycles. The molecule has 2 amide bonds. The van der Waals surface area contributed by atoms with Gasteiger partial charge >= 0.3 is 0 Å². The van der Waals surface area contributed by atoms with Crippen molar-refractivity contribution in [3.05, 3.63) is 28.8 Å². The smallest absolute Gasteiger partial charge is 0.227 e. The molecule has 1 aliphatic carbocycles. The van der Waals surface area contributed by atoms with Gasteiger partial charge in [0.15, 0.2) is 0 Å². The average Bonchev–Trinajstić information content (AvgIpc) is 2.72. The molecule has 0 atom stereocenters. The van der Waals surface area contributed by atoms with Gasteiger partial charge in [0.1, 0.15) is 5.75 Å². The van der Waals surface area contributed by atoms with Crippen molar-refractivity contribution in [1.29, 1.82) is 0 Å². The summed E-state index contributed by atoms with van der Waals surface area (Å²) in [6.07, 6.45) is 6.09. The van der Waals surface area contributed by atoms with E-state index in [0.29, 0.717) is 38.5 Å². The van der Waals surface area contributed by atoms with Gasteiger partial charge in [0.2, 0.25) is 11.8 Å². The number of ether oxygens (including phenoxy) is 1. The van der Waals surface area contributed by atoms with E-state index in [9.17, 15) is 9.59 Å². The maximum absolute atomic E-state index is 12.8. The van der Waals surface area contributed by atoms with Gasteiger partial charge in [-0.1, -0.05) is 25.3 Å². The Morgan fingerprint density at radius 1 is 0.963 bits per heavy atom. The number of piperazine rings is 1. The van der Waals surface area contributed by atoms with E-state index in [2.05, 4.69) is 0 Å². The van der Waals surface area contributed by atoms with Crippen LogP contribution in [0.25, 0.3) is 0 Å². The lowest BCUT2D eigenvalue weighted by molar-refractivity contribution is -0.142. The van der Waals surface area contributed by atoms with E-state index in [1.165, 1.54) is 19.3 Å². The van der Waals surface area contributed by atoms with E-state index in [4.69, 9.17) is 4.74 Å². The molecule has 1 heterocycles. The molecule has 1 aromatic carbocycles. The average molecular weight is 373 g/mol. The van der Waals surface area contributed by atoms with Crippen molar-refractivity contribution in [2.24, 2.45) is 5.92 Å². The second-order valence-corrected chi connectivity index (χ2v) is 7.89. The lowest BCUT2D eigenvalue weighted by Crippen LogP contribution is -2.52. The molecule has 1 saturated heterocycles. The van der Waals surface area contributed by atoms with E-state index in [0.717, 1.165) is 35.3 Å². The minimum Gasteiger partial charge on any atom is -0.496 e. The Morgan fingerprint density at radius 2 is 1.59 bits per heavy atom. The molecule has 0 spiro atoms. The Kier molecular flexibility index (Phi) is 6.40. The second kappa shape index (κ2) is 8.77. The predicted octanol–water partition coefficient (Wildman–Crippen LogP) is 3.11. The summed E-state index contributed by atoms with van der Waals surface area (Å²) in [7, 11) is 1.67. The van der Waals surface area contributed by atoms with Crippen LogP contribution in [0.1, 0.15) is 48.8 Å². The zero-order chi connectivity index (χ0) is 19.4. The molecular weight excluding hydrogens is 340 g/mol. The quantitative estimate of drug-likeness (QED) is 0.816. The molecule has 1 aromatic rings. The standard InChI is InChI=1S/C22H32N2O3/c1-16-17(2)20(27-3)10-9-19(16)15-21(25)23-11-13-24(14-12-23)22(26)18-7-5-4-6-8-18/h9-10,18H,4-8,11-15H2,1-3H3. The largest absolute Gasteiger partial charge is 0.496 e. The maximum Gasteiger partial charge on any atom is 0.227 e. The van der Waals surface area contributed by atoms with Crippen LogP contribution in [0.3, 0.4) is 0 Å². The highest BCUT2D eigenvalue weighted by Gasteiger charge is 2.29. The van der Waals surface area contributed by atoms with E-state index in [1.807, 2.05) is 35.8 Å². The van der Waals surface area contributed by atoms with Gasteiger partial charge in [-0.25, -0.2) is 0 Å². The Bertz CT molecular complexity index is 687. The lowest BCUT2D eigenvalue weighted by Gasteiger charge is -2.37. The normalized spacial score (nSPS) is 18.5. The zero-order valence-corrected chi connectivity index (χ0v) is 16.9. The number of benzene rings is 1. The summed E-state index contributed by atoms with van der Waals surface area (Å²) in [5.74, 6) is 1.53. The molecule has 148 valence electrons. The van der Waals surface area contributed by atoms with Crippen LogP contribution >= 0.6 is 0 Å². The third-order valence-corrected chi connectivity index (χ3v) is 6.31. The topological polar surface area (TPSA) is 49.9 Å². The van der Waals surface area contributed by atoms with Gasteiger partial charge in [0.25, 0.3) is 0 Å². The Balaban J connectivity index is 1.54. The molecule has 5 heteroatoms. The van der Waals surface area contributed by atoms with Crippen molar-refractivity contribution in [2.75, 3.05) is 33.3 Å². The highest BCUT2D eigenvalue weighted by molar-refractivity contribution is 5.81. The highest BCUT2D eigenvalue weighted by Crippen LogP contribution is 2.26. The molecule has 0 unspecified atom stereocenters. The van der Waals surface area contributed by atoms with Gasteiger partial charge < -0.3 is 14.5 Å². The van der Waals surface area contributed by atoms with E-state index in [-0.39, 0.29) is 11.8 Å². The van der Waals surface area contributed by atoms with Crippen LogP contribution in [0, 0.1) is 19.8 Å². The van der Waals surface area contributed by atoms with Gasteiger partial charge in [-0.3, -0.25) is 9.59 Å². The van der Waals surface area contributed by atoms with Crippen LogP contribution in [-0.4, -0.2) is 54.9 Å². The fraction of sp³-hybridized carbons (Fsp3) is 0.636. The summed E-state index contributed by atoms with van der Waals surface area (Å²) < 4.78 is 5.35. The fourth-order valence-corrected chi connectivity index (χ4v) is 4.32. The number of amides is 2. The first kappa shape index (κ1) is 19.7. The molecule has 2 aliphatic rings. The molecule has 1 aliphatic heterocycles. The first-order chi connectivity index (χ1) is 13.0. The van der Waals surface area contributed by atoms with Gasteiger partial charge in [-0.05, 0) is 49.4 Å². The van der Waals surface area contributed by atoms with Crippen LogP contribution in [0.5, 0.6) is 5.75 Å². The van der Waals surface area contributed by atoms with Gasteiger partial charge in [-0.2, -0.15) is 0 Å². The Morgan fingerprint density at radius 3 is 2.22 bits per heavy atom. The number of carbonyl (C=O) groups is 2. The van der Waals surface area contributed by atoms with Crippen LogP contribution in [0.2, 0.25) is 0 Å². The number of hydrogen-bond acceptors (Lipinski definition) is 3. The van der Waals surface area contributed by atoms with Crippen molar-refractivity contribution >= 4 is 11.8 Å². The summed E-state index contributed by atoms with van der Waals surface area (Å²) in [5, 5.41) is 0. The fourth-order valence-electron chi connectivity index (χ4n) is 4.32. The molecule has 0 radical (unpaired) electrons. The molecular formula is C22H32N2O3. The summed E-state index contributed by atoms with van der Waals surface area (Å²) >= 11 is 0. The minimum absolute atomic E-state index is 0.146. The molecule has 1 saturated carbocycles. The van der Waals surface area contributed by atoms with Crippen LogP contribution in [0.15, 0.2) is 12.1 Å². The van der Waals surface area contributed by atoms with Crippen molar-refractivity contribution in [3.63, 3.8) is 0 Å². The van der Waals surface area contributed by atoms with Crippen LogP contribution in [-0.2, 0) is 16.0 Å². The summed E-state index contributed by atoms with van der Waals surface area (Å²) in [6, 6.07) is 3.92. The summed E-state index contributed by atoms with van der Waals surface area (Å²) in [6.45, 7) is 6.69. The highest BCUT2D eigenvalue weighted by atomic mass is 16.5. The van der Waals surface area contributed by atoms with Crippen LogP contribution < -0.4 is 4.74 Å². The molecule has 0 N–H and O–H groups in total. The summed E-state index contributed by atoms with van der Waals surface area (Å²) in [4.78, 5) is 29.3. The van der Waals surface area contributed by atoms with Gasteiger partial charge in [0.05, 0.1) is 13.5 Å². The molecule has 0 bridgehead atoms. The van der Waals surface area contributed by atoms with E-state index in [1.54, 1.807) is 7.11 Å². The lowest BCUT2D eigenvalue weighted by atomic mass is 9.88. The first-order valence-corrected chi connectivity index (χ1v) is 10.2. The molecule has 2 fully saturated rings. The number of hydrogen-bond donors (Lipinski definition) is 0. The number of carbonyl (C=O) groups excluding carboxylic acids is 2. The first-order valence-electron chi connectivity index (χ1n) is 10.2. The number of nitrogens with zero attached hydrogens (tertiary/aromatic N) is 2. The van der Waals surface area contributed by atoms with Gasteiger partial charge in [0, 0.05) is 32.1 Å². The molecule has 5 nitrogen and oxygen atoms in total. The SMILES string of the molecule is COc1ccc(CC(=O)N2CCN(C(=O)C3CCCCC3)CC2)c(C)c1C. The van der Waals surface area contributed by atoms with E-state index < -0.39 is 0 Å². The molecule has 27 heavy (non-hydrogen) atoms. The van der Waals surface area contributed by atoms with Crippen LogP contribution in [0.4, 0.5) is 0 Å². The van der Waals surface area contributed by atoms with Gasteiger partial charge in [-0.15, -0.1) is 0 Å². The second-order valence-electron chi connectivity index (χ2n) is 7.89. The zero-order valence-electron chi connectivity index (χ0n) is 16.9. The van der Waals surface area contributed by atoms with Crippen molar-refractivity contribution in [2.45, 2.75) is 52.4 Å². The van der Waals surface area contributed by atoms with E-state index >= 15 is 0 Å². The van der Waals surface area contributed by atoms with Crippen molar-refractivity contribution < 1.29 is 14.3 Å². The Labute approximate surface area is 162 Å². The minimum atomic E-state index is 0.146. The maximum atomic E-state index is 12.8. The van der Waals surface area contributed by atoms with Crippen molar-refractivity contribution in [3.8, 4) is 5.75 Å². The third kappa shape index (κ3) is 4.45. The van der Waals surface area contributed by atoms with Crippen molar-refractivity contribution in [1.82, 2.24) is 9.80 Å². The predicted molar refractivity (Wildman–Crippen MR) is 106 cm³/mol. The molecule has 3 rings (SSSR count). The monoisotopic (exact) mass is 372 g/mol. The Hall–Kier alpha value is -2.04. The number of rotatable bonds is 4. The summed E-state index contributed by atoms with van der Waals surface area (Å²) in [5.41, 5.74) is 3.26. The number of methoxy groups -OCH3 is 1.